The van der Waals surface area contributed by atoms with Crippen LogP contribution in [0.2, 0.25) is 0 Å². The van der Waals surface area contributed by atoms with E-state index in [4.69, 9.17) is 4.74 Å². The fourth-order valence-corrected chi connectivity index (χ4v) is 3.57. The second kappa shape index (κ2) is 6.24. The third-order valence-corrected chi connectivity index (χ3v) is 4.95. The molecule has 0 bridgehead atoms. The summed E-state index contributed by atoms with van der Waals surface area (Å²) in [6, 6.07) is 16.8. The van der Waals surface area contributed by atoms with Gasteiger partial charge in [-0.2, -0.15) is 0 Å². The van der Waals surface area contributed by atoms with Crippen molar-refractivity contribution in [1.82, 2.24) is 4.90 Å². The topological polar surface area (TPSA) is 58.6 Å². The molecule has 2 aromatic carbocycles. The number of benzene rings is 2. The summed E-state index contributed by atoms with van der Waals surface area (Å²) < 4.78 is 6.27. The van der Waals surface area contributed by atoms with Gasteiger partial charge in [-0.3, -0.25) is 9.59 Å². The second-order valence-electron chi connectivity index (χ2n) is 6.66. The zero-order valence-corrected chi connectivity index (χ0v) is 13.9. The molecule has 0 saturated carbocycles. The van der Waals surface area contributed by atoms with Gasteiger partial charge in [0, 0.05) is 31.5 Å². The van der Waals surface area contributed by atoms with E-state index in [-0.39, 0.29) is 11.8 Å². The Hall–Kier alpha value is -2.82. The van der Waals surface area contributed by atoms with Crippen molar-refractivity contribution in [3.05, 3.63) is 60.2 Å². The summed E-state index contributed by atoms with van der Waals surface area (Å²) in [4.78, 5) is 26.7. The van der Waals surface area contributed by atoms with E-state index in [0.29, 0.717) is 49.4 Å². The van der Waals surface area contributed by atoms with Crippen molar-refractivity contribution in [2.24, 2.45) is 0 Å². The van der Waals surface area contributed by atoms with Crippen LogP contribution in [0.1, 0.15) is 29.6 Å². The van der Waals surface area contributed by atoms with Crippen molar-refractivity contribution in [1.29, 1.82) is 0 Å². The summed E-state index contributed by atoms with van der Waals surface area (Å²) in [5.41, 5.74) is 0.875. The molecule has 0 unspecified atom stereocenters. The zero-order valence-electron chi connectivity index (χ0n) is 13.9. The molecule has 1 fully saturated rings. The van der Waals surface area contributed by atoms with Crippen molar-refractivity contribution in [2.75, 3.05) is 18.4 Å². The number of rotatable bonds is 1. The van der Waals surface area contributed by atoms with Crippen LogP contribution in [0.3, 0.4) is 0 Å². The van der Waals surface area contributed by atoms with Crippen molar-refractivity contribution < 1.29 is 14.3 Å². The number of piperidine rings is 1. The minimum atomic E-state index is -0.538. The van der Waals surface area contributed by atoms with E-state index in [1.165, 1.54) is 0 Å². The van der Waals surface area contributed by atoms with Gasteiger partial charge in [0.05, 0.1) is 12.1 Å². The molecule has 2 aromatic rings. The molecule has 4 rings (SSSR count). The first-order valence-electron chi connectivity index (χ1n) is 8.57. The van der Waals surface area contributed by atoms with Crippen molar-refractivity contribution in [2.45, 2.75) is 24.9 Å². The van der Waals surface area contributed by atoms with Gasteiger partial charge in [0.25, 0.3) is 5.91 Å². The van der Waals surface area contributed by atoms with Gasteiger partial charge in [0.15, 0.2) is 0 Å². The first-order valence-corrected chi connectivity index (χ1v) is 8.57. The van der Waals surface area contributed by atoms with E-state index in [1.807, 2.05) is 59.5 Å². The Bertz CT molecular complexity index is 796. The van der Waals surface area contributed by atoms with Crippen LogP contribution in [-0.4, -0.2) is 35.4 Å². The van der Waals surface area contributed by atoms with Crippen LogP contribution >= 0.6 is 0 Å². The molecule has 5 nitrogen and oxygen atoms in total. The lowest BCUT2D eigenvalue weighted by Gasteiger charge is -2.40. The van der Waals surface area contributed by atoms with Crippen LogP contribution in [0.5, 0.6) is 5.75 Å². The molecular weight excluding hydrogens is 316 g/mol. The molecule has 1 spiro atoms. The quantitative estimate of drug-likeness (QED) is 0.871. The maximum absolute atomic E-state index is 12.6. The first kappa shape index (κ1) is 15.7. The maximum atomic E-state index is 12.6. The molecule has 2 amide bonds. The number of likely N-dealkylation sites (tertiary alicyclic amines) is 1. The number of nitrogens with one attached hydrogen (secondary N) is 1. The van der Waals surface area contributed by atoms with Crippen LogP contribution < -0.4 is 10.1 Å². The van der Waals surface area contributed by atoms with Crippen LogP contribution in [0.4, 0.5) is 5.69 Å². The molecule has 25 heavy (non-hydrogen) atoms. The average Bonchev–Trinajstić information content (AvgIpc) is 2.77. The lowest BCUT2D eigenvalue weighted by molar-refractivity contribution is -0.120. The SMILES string of the molecule is O=C1CC2(CCN(C(=O)c3ccccc3)CC2)Oc2ccccc2N1. The minimum Gasteiger partial charge on any atom is -0.484 e. The van der Waals surface area contributed by atoms with Gasteiger partial charge in [-0.15, -0.1) is 0 Å². The molecule has 1 saturated heterocycles. The number of amides is 2. The first-order chi connectivity index (χ1) is 12.2. The fourth-order valence-electron chi connectivity index (χ4n) is 3.57. The van der Waals surface area contributed by atoms with Crippen molar-refractivity contribution in [3.63, 3.8) is 0 Å². The molecule has 0 aliphatic carbocycles. The van der Waals surface area contributed by atoms with Gasteiger partial charge in [-0.25, -0.2) is 0 Å². The smallest absolute Gasteiger partial charge is 0.253 e. The third kappa shape index (κ3) is 3.09. The van der Waals surface area contributed by atoms with E-state index < -0.39 is 5.60 Å². The Balaban J connectivity index is 1.51. The number of fused-ring (bicyclic) bond motifs is 1. The van der Waals surface area contributed by atoms with Gasteiger partial charge < -0.3 is 15.0 Å². The Morgan fingerprint density at radius 3 is 2.44 bits per heavy atom. The summed E-state index contributed by atoms with van der Waals surface area (Å²) in [6.45, 7) is 1.17. The maximum Gasteiger partial charge on any atom is 0.253 e. The number of carbonyl (C=O) groups is 2. The molecule has 0 atom stereocenters. The molecule has 2 aliphatic rings. The van der Waals surface area contributed by atoms with E-state index >= 15 is 0 Å². The molecule has 128 valence electrons. The highest BCUT2D eigenvalue weighted by Crippen LogP contribution is 2.38. The Morgan fingerprint density at radius 2 is 1.68 bits per heavy atom. The molecule has 2 heterocycles. The molecule has 0 radical (unpaired) electrons. The monoisotopic (exact) mass is 336 g/mol. The number of nitrogens with zero attached hydrogens (tertiary/aromatic N) is 1. The van der Waals surface area contributed by atoms with E-state index in [2.05, 4.69) is 5.32 Å². The Labute approximate surface area is 146 Å². The van der Waals surface area contributed by atoms with Crippen LogP contribution in [0, 0.1) is 0 Å². The third-order valence-electron chi connectivity index (χ3n) is 4.95. The predicted molar refractivity (Wildman–Crippen MR) is 94.6 cm³/mol. The zero-order chi connectivity index (χ0) is 17.3. The van der Waals surface area contributed by atoms with E-state index in [0.717, 1.165) is 0 Å². The van der Waals surface area contributed by atoms with Crippen LogP contribution in [0.15, 0.2) is 54.6 Å². The van der Waals surface area contributed by atoms with E-state index in [9.17, 15) is 9.59 Å². The number of anilines is 1. The van der Waals surface area contributed by atoms with E-state index in [1.54, 1.807) is 0 Å². The summed E-state index contributed by atoms with van der Waals surface area (Å²) >= 11 is 0. The van der Waals surface area contributed by atoms with Gasteiger partial charge >= 0.3 is 0 Å². The highest BCUT2D eigenvalue weighted by Gasteiger charge is 2.42. The lowest BCUT2D eigenvalue weighted by Crippen LogP contribution is -2.50. The van der Waals surface area contributed by atoms with Crippen molar-refractivity contribution in [3.8, 4) is 5.75 Å². The normalized spacial score (nSPS) is 18.7. The average molecular weight is 336 g/mol. The Morgan fingerprint density at radius 1 is 1.00 bits per heavy atom. The number of ether oxygens (including phenoxy) is 1. The lowest BCUT2D eigenvalue weighted by atomic mass is 9.87. The molecule has 5 heteroatoms. The summed E-state index contributed by atoms with van der Waals surface area (Å²) in [5, 5.41) is 2.91. The molecule has 2 aliphatic heterocycles. The van der Waals surface area contributed by atoms with Gasteiger partial charge in [0.2, 0.25) is 5.91 Å². The number of hydrogen-bond donors (Lipinski definition) is 1. The largest absolute Gasteiger partial charge is 0.484 e. The highest BCUT2D eigenvalue weighted by molar-refractivity contribution is 5.95. The summed E-state index contributed by atoms with van der Waals surface area (Å²) in [6.07, 6.45) is 1.61. The standard InChI is InChI=1S/C20H20N2O3/c23-18-14-20(25-17-9-5-4-8-16(17)21-18)10-12-22(13-11-20)19(24)15-6-2-1-3-7-15/h1-9H,10-14H2,(H,21,23). The predicted octanol–water partition coefficient (Wildman–Crippen LogP) is 3.08. The molecule has 0 aromatic heterocycles. The summed E-state index contributed by atoms with van der Waals surface area (Å²) in [7, 11) is 0. The molecular formula is C20H20N2O3. The second-order valence-corrected chi connectivity index (χ2v) is 6.66. The fraction of sp³-hybridized carbons (Fsp3) is 0.300. The Kier molecular flexibility index (Phi) is 3.92. The van der Waals surface area contributed by atoms with Gasteiger partial charge in [-0.05, 0) is 24.3 Å². The number of para-hydroxylation sites is 2. The van der Waals surface area contributed by atoms with Crippen molar-refractivity contribution >= 4 is 17.5 Å². The van der Waals surface area contributed by atoms with Gasteiger partial charge in [-0.1, -0.05) is 30.3 Å². The number of carbonyl (C=O) groups excluding carboxylic acids is 2. The highest BCUT2D eigenvalue weighted by atomic mass is 16.5. The summed E-state index contributed by atoms with van der Waals surface area (Å²) in [5.74, 6) is 0.706. The van der Waals surface area contributed by atoms with Crippen LogP contribution in [-0.2, 0) is 4.79 Å². The van der Waals surface area contributed by atoms with Crippen LogP contribution in [0.25, 0.3) is 0 Å². The number of hydrogen-bond acceptors (Lipinski definition) is 3. The van der Waals surface area contributed by atoms with Gasteiger partial charge in [0.1, 0.15) is 11.4 Å². The molecule has 1 N–H and O–H groups in total. The minimum absolute atomic E-state index is 0.0345.